The molecule has 0 aromatic rings. The van der Waals surface area contributed by atoms with Crippen LogP contribution in [0.3, 0.4) is 0 Å². The van der Waals surface area contributed by atoms with Crippen LogP contribution >= 0.6 is 0 Å². The smallest absolute Gasteiger partial charge is 1.00 e. The van der Waals surface area contributed by atoms with Gasteiger partial charge in [-0.3, -0.25) is 0 Å². The molecule has 5 nitrogen and oxygen atoms in total. The first-order valence-corrected chi connectivity index (χ1v) is 15.9. The van der Waals surface area contributed by atoms with E-state index in [0.717, 1.165) is 38.5 Å². The summed E-state index contributed by atoms with van der Waals surface area (Å²) in [7, 11) is 0. The Morgan fingerprint density at radius 3 is 1.24 bits per heavy atom. The Kier molecular flexibility index (Phi) is 35.6. The number of hydrogen-bond acceptors (Lipinski definition) is 3. The molecule has 0 aromatic carbocycles. The summed E-state index contributed by atoms with van der Waals surface area (Å²) >= 11 is -2.56. The topological polar surface area (TPSA) is 67.4 Å². The van der Waals surface area contributed by atoms with Gasteiger partial charge >= 0.3 is 207 Å². The van der Waals surface area contributed by atoms with Gasteiger partial charge in [-0.15, -0.1) is 0 Å². The number of hydrogen-bond donors (Lipinski definition) is 2. The van der Waals surface area contributed by atoms with Crippen LogP contribution in [0.15, 0.2) is 0 Å². The molecule has 0 atom stereocenters. The Morgan fingerprint density at radius 2 is 0.853 bits per heavy atom. The van der Waals surface area contributed by atoms with Gasteiger partial charge in [0.15, 0.2) is 0 Å². The van der Waals surface area contributed by atoms with Crippen molar-refractivity contribution in [1.29, 1.82) is 0 Å². The fourth-order valence-electron chi connectivity index (χ4n) is 3.67. The Bertz CT molecular complexity index is 414. The summed E-state index contributed by atoms with van der Waals surface area (Å²) < 4.78 is 12.1. The molecule has 0 aliphatic carbocycles. The van der Waals surface area contributed by atoms with Crippen LogP contribution < -0.4 is 32.4 Å². The van der Waals surface area contributed by atoms with E-state index in [2.05, 4.69) is 28.4 Å². The van der Waals surface area contributed by atoms with Crippen molar-refractivity contribution in [3.05, 3.63) is 0 Å². The fraction of sp³-hybridized carbons (Fsp3) is 0.923. The average molecular weight is 560 g/mol. The molecule has 0 aliphatic heterocycles. The summed E-state index contributed by atoms with van der Waals surface area (Å²) in [5.41, 5.74) is 0. The summed E-state index contributed by atoms with van der Waals surface area (Å²) in [6, 6.07) is 0. The average Bonchev–Trinajstić information content (AvgIpc) is 2.77. The normalized spacial score (nSPS) is 10.2. The van der Waals surface area contributed by atoms with Gasteiger partial charge in [0.25, 0.3) is 0 Å². The second kappa shape index (κ2) is 31.2. The van der Waals surface area contributed by atoms with Gasteiger partial charge in [0, 0.05) is 0 Å². The number of rotatable bonds is 24. The standard InChI is InChI=1S/2C10H21NO.C6H13O.2ClH.Ti/c2*1-2-3-4-5-6-7-8-9-10(11)12;1-2-3-4-5-6-7;;;/h2*2-9H2,1H3,(H2,11,12);2-6H2,1H3;2*1H;/q;;-1;;;+5/p-4. The van der Waals surface area contributed by atoms with Gasteiger partial charge in [0.05, 0.1) is 0 Å². The Labute approximate surface area is 230 Å². The molecule has 0 radical (unpaired) electrons. The maximum Gasteiger partial charge on any atom is -1.00 e. The molecular formula is C26H53Cl2N2O3Ti. The van der Waals surface area contributed by atoms with Gasteiger partial charge in [0.2, 0.25) is 0 Å². The van der Waals surface area contributed by atoms with Crippen LogP contribution in [0.5, 0.6) is 0 Å². The van der Waals surface area contributed by atoms with Gasteiger partial charge in [-0.2, -0.15) is 0 Å². The minimum absolute atomic E-state index is 0. The van der Waals surface area contributed by atoms with E-state index in [1.165, 1.54) is 77.0 Å². The summed E-state index contributed by atoms with van der Waals surface area (Å²) in [5, 5.41) is 0. The van der Waals surface area contributed by atoms with Crippen LogP contribution in [0.4, 0.5) is 0 Å². The molecule has 0 saturated heterocycles. The van der Waals surface area contributed by atoms with Crippen molar-refractivity contribution in [3.63, 3.8) is 0 Å². The van der Waals surface area contributed by atoms with Crippen molar-refractivity contribution < 1.29 is 56.5 Å². The van der Waals surface area contributed by atoms with Crippen LogP contribution in [0.25, 0.3) is 0 Å². The zero-order valence-corrected chi connectivity index (χ0v) is 25.4. The maximum atomic E-state index is 12.4. The predicted octanol–water partition coefficient (Wildman–Crippen LogP) is 1.47. The van der Waals surface area contributed by atoms with Gasteiger partial charge in [-0.25, -0.2) is 0 Å². The Hall–Kier alpha value is 0.194. The maximum absolute atomic E-state index is 12.4. The van der Waals surface area contributed by atoms with E-state index in [4.69, 9.17) is 3.32 Å². The number of carbonyl (C=O) groups is 2. The first-order chi connectivity index (χ1) is 15.6. The molecule has 8 heteroatoms. The SMILES string of the molecule is CCCCCCCCCC(=O)[NH][Ti+2]([NH]C(=O)CCCCCCCCC)[O]CCCCCC.[Cl-].[Cl-]. The van der Waals surface area contributed by atoms with Crippen LogP contribution in [0.2, 0.25) is 0 Å². The van der Waals surface area contributed by atoms with E-state index in [1.54, 1.807) is 0 Å². The van der Waals surface area contributed by atoms with Crippen LogP contribution in [-0.2, 0) is 31.7 Å². The number of halogens is 2. The Morgan fingerprint density at radius 1 is 0.529 bits per heavy atom. The van der Waals surface area contributed by atoms with Crippen LogP contribution in [-0.4, -0.2) is 18.4 Å². The van der Waals surface area contributed by atoms with E-state index < -0.39 is 18.8 Å². The largest absolute Gasteiger partial charge is 1.00 e. The van der Waals surface area contributed by atoms with Gasteiger partial charge < -0.3 is 24.8 Å². The summed E-state index contributed by atoms with van der Waals surface area (Å²) in [6.07, 6.45) is 22.4. The third-order valence-corrected chi connectivity index (χ3v) is 8.11. The second-order valence-electron chi connectivity index (χ2n) is 9.08. The molecule has 203 valence electrons. The van der Waals surface area contributed by atoms with Crippen molar-refractivity contribution in [2.45, 2.75) is 149 Å². The van der Waals surface area contributed by atoms with E-state index >= 15 is 0 Å². The van der Waals surface area contributed by atoms with Crippen LogP contribution in [0, 0.1) is 0 Å². The zero-order valence-electron chi connectivity index (χ0n) is 22.3. The van der Waals surface area contributed by atoms with Crippen molar-refractivity contribution >= 4 is 11.8 Å². The molecule has 0 unspecified atom stereocenters. The van der Waals surface area contributed by atoms with Gasteiger partial charge in [-0.1, -0.05) is 0 Å². The fourth-order valence-corrected chi connectivity index (χ4v) is 5.72. The number of nitrogens with one attached hydrogen (secondary N) is 2. The molecule has 0 heterocycles. The first kappa shape index (κ1) is 38.7. The van der Waals surface area contributed by atoms with E-state index in [-0.39, 0.29) is 36.6 Å². The molecule has 2 amide bonds. The first-order valence-electron chi connectivity index (χ1n) is 13.7. The molecule has 0 aliphatic rings. The second-order valence-corrected chi connectivity index (χ2v) is 11.3. The van der Waals surface area contributed by atoms with Crippen molar-refractivity contribution in [2.24, 2.45) is 0 Å². The number of unbranched alkanes of at least 4 members (excludes halogenated alkanes) is 15. The molecule has 0 fully saturated rings. The van der Waals surface area contributed by atoms with Crippen LogP contribution in [0.1, 0.15) is 149 Å². The molecule has 0 aromatic heterocycles. The van der Waals surface area contributed by atoms with E-state index in [9.17, 15) is 9.59 Å². The van der Waals surface area contributed by atoms with Crippen molar-refractivity contribution in [3.8, 4) is 0 Å². The Balaban J connectivity index is -0.00000480. The molecule has 2 N–H and O–H groups in total. The van der Waals surface area contributed by atoms with E-state index in [1.807, 2.05) is 0 Å². The van der Waals surface area contributed by atoms with Crippen molar-refractivity contribution in [1.82, 2.24) is 7.60 Å². The van der Waals surface area contributed by atoms with E-state index in [0.29, 0.717) is 19.4 Å². The minimum Gasteiger partial charge on any atom is -1.00 e. The molecule has 34 heavy (non-hydrogen) atoms. The molecule has 0 saturated carbocycles. The predicted molar refractivity (Wildman–Crippen MR) is 132 cm³/mol. The number of carbonyl (C=O) groups excluding carboxylic acids is 2. The molecule has 0 spiro atoms. The molecule has 0 bridgehead atoms. The quantitative estimate of drug-likeness (QED) is 0.139. The summed E-state index contributed by atoms with van der Waals surface area (Å²) in [5.74, 6) is 0.0803. The molecule has 0 rings (SSSR count). The van der Waals surface area contributed by atoms with Crippen molar-refractivity contribution in [2.75, 3.05) is 6.61 Å². The summed E-state index contributed by atoms with van der Waals surface area (Å²) in [6.45, 7) is 7.27. The minimum atomic E-state index is -2.56. The molecular weight excluding hydrogens is 507 g/mol. The van der Waals surface area contributed by atoms with Gasteiger partial charge in [0.1, 0.15) is 0 Å². The number of amides is 2. The third-order valence-electron chi connectivity index (χ3n) is 5.76. The third kappa shape index (κ3) is 28.4. The monoisotopic (exact) mass is 559 g/mol. The van der Waals surface area contributed by atoms with Gasteiger partial charge in [-0.05, 0) is 0 Å². The summed E-state index contributed by atoms with van der Waals surface area (Å²) in [4.78, 5) is 24.8. The zero-order chi connectivity index (χ0) is 23.7.